The molecule has 1 aromatic rings. The molecule has 0 radical (unpaired) electrons. The largest absolute Gasteiger partial charge is 0.497 e. The minimum absolute atomic E-state index is 0.247. The van der Waals surface area contributed by atoms with Gasteiger partial charge in [-0.15, -0.1) is 11.6 Å². The second-order valence-electron chi connectivity index (χ2n) is 5.45. The first-order valence-electron chi connectivity index (χ1n) is 6.97. The normalized spacial score (nSPS) is 19.7. The van der Waals surface area contributed by atoms with E-state index in [-0.39, 0.29) is 5.38 Å². The van der Waals surface area contributed by atoms with Crippen LogP contribution in [0.15, 0.2) is 24.3 Å². The first-order chi connectivity index (χ1) is 8.70. The first kappa shape index (κ1) is 13.7. The standard InChI is InChI=1S/C16H23ClO/c1-3-16(9-4-5-10-16)15(17)12-13-7-6-8-14(11-13)18-2/h6-8,11,15H,3-5,9-10,12H2,1-2H3. The van der Waals surface area contributed by atoms with Gasteiger partial charge < -0.3 is 4.74 Å². The van der Waals surface area contributed by atoms with Gasteiger partial charge in [0, 0.05) is 5.38 Å². The summed E-state index contributed by atoms with van der Waals surface area (Å²) >= 11 is 6.73. The Balaban J connectivity index is 2.07. The zero-order chi connectivity index (χ0) is 13.0. The Labute approximate surface area is 115 Å². The maximum absolute atomic E-state index is 6.73. The lowest BCUT2D eigenvalue weighted by molar-refractivity contribution is 0.267. The number of alkyl halides is 1. The van der Waals surface area contributed by atoms with Gasteiger partial charge in [-0.2, -0.15) is 0 Å². The molecule has 0 heterocycles. The number of hydrogen-bond acceptors (Lipinski definition) is 1. The topological polar surface area (TPSA) is 9.23 Å². The number of hydrogen-bond donors (Lipinski definition) is 0. The molecule has 1 atom stereocenters. The van der Waals surface area contributed by atoms with Crippen molar-refractivity contribution in [3.8, 4) is 5.75 Å². The van der Waals surface area contributed by atoms with E-state index in [1.54, 1.807) is 7.11 Å². The lowest BCUT2D eigenvalue weighted by atomic mass is 9.78. The van der Waals surface area contributed by atoms with Gasteiger partial charge in [0.25, 0.3) is 0 Å². The molecule has 0 saturated heterocycles. The minimum atomic E-state index is 0.247. The van der Waals surface area contributed by atoms with E-state index in [1.165, 1.54) is 37.7 Å². The van der Waals surface area contributed by atoms with Gasteiger partial charge >= 0.3 is 0 Å². The minimum Gasteiger partial charge on any atom is -0.497 e. The van der Waals surface area contributed by atoms with E-state index in [0.717, 1.165) is 12.2 Å². The summed E-state index contributed by atoms with van der Waals surface area (Å²) in [7, 11) is 1.71. The Morgan fingerprint density at radius 3 is 2.67 bits per heavy atom. The molecule has 0 aromatic heterocycles. The zero-order valence-electron chi connectivity index (χ0n) is 11.4. The van der Waals surface area contributed by atoms with Crippen LogP contribution in [0, 0.1) is 5.41 Å². The molecule has 0 bridgehead atoms. The van der Waals surface area contributed by atoms with E-state index in [1.807, 2.05) is 12.1 Å². The predicted molar refractivity (Wildman–Crippen MR) is 77.5 cm³/mol. The summed E-state index contributed by atoms with van der Waals surface area (Å²) in [6, 6.07) is 8.28. The van der Waals surface area contributed by atoms with Crippen molar-refractivity contribution in [2.24, 2.45) is 5.41 Å². The Hall–Kier alpha value is -0.690. The molecule has 1 saturated carbocycles. The summed E-state index contributed by atoms with van der Waals surface area (Å²) in [6.45, 7) is 2.28. The fourth-order valence-corrected chi connectivity index (χ4v) is 3.74. The highest BCUT2D eigenvalue weighted by Gasteiger charge is 2.38. The van der Waals surface area contributed by atoms with E-state index in [2.05, 4.69) is 19.1 Å². The van der Waals surface area contributed by atoms with Crippen molar-refractivity contribution in [1.82, 2.24) is 0 Å². The van der Waals surface area contributed by atoms with Crippen LogP contribution in [0.5, 0.6) is 5.75 Å². The highest BCUT2D eigenvalue weighted by Crippen LogP contribution is 2.47. The molecule has 1 aliphatic carbocycles. The highest BCUT2D eigenvalue weighted by atomic mass is 35.5. The molecule has 0 spiro atoms. The summed E-state index contributed by atoms with van der Waals surface area (Å²) < 4.78 is 5.27. The van der Waals surface area contributed by atoms with Crippen molar-refractivity contribution in [3.05, 3.63) is 29.8 Å². The van der Waals surface area contributed by atoms with E-state index >= 15 is 0 Å². The summed E-state index contributed by atoms with van der Waals surface area (Å²) in [5, 5.41) is 0.247. The zero-order valence-corrected chi connectivity index (χ0v) is 12.2. The van der Waals surface area contributed by atoms with Crippen LogP contribution in [0.4, 0.5) is 0 Å². The first-order valence-corrected chi connectivity index (χ1v) is 7.41. The van der Waals surface area contributed by atoms with Crippen molar-refractivity contribution in [2.45, 2.75) is 50.8 Å². The fourth-order valence-electron chi connectivity index (χ4n) is 3.19. The van der Waals surface area contributed by atoms with Crippen LogP contribution in [0.3, 0.4) is 0 Å². The van der Waals surface area contributed by atoms with Gasteiger partial charge in [-0.05, 0) is 48.8 Å². The molecular weight excluding hydrogens is 244 g/mol. The molecule has 100 valence electrons. The van der Waals surface area contributed by atoms with Crippen molar-refractivity contribution in [2.75, 3.05) is 7.11 Å². The second-order valence-corrected chi connectivity index (χ2v) is 5.97. The van der Waals surface area contributed by atoms with Crippen molar-refractivity contribution < 1.29 is 4.74 Å². The molecule has 2 rings (SSSR count). The van der Waals surface area contributed by atoms with Gasteiger partial charge in [0.05, 0.1) is 7.11 Å². The van der Waals surface area contributed by atoms with E-state index < -0.39 is 0 Å². The number of ether oxygens (including phenoxy) is 1. The number of methoxy groups -OCH3 is 1. The van der Waals surface area contributed by atoms with Crippen LogP contribution in [0.2, 0.25) is 0 Å². The third-order valence-corrected chi connectivity index (χ3v) is 5.13. The molecule has 1 unspecified atom stereocenters. The van der Waals surface area contributed by atoms with Crippen LogP contribution in [0.25, 0.3) is 0 Å². The molecule has 0 aliphatic heterocycles. The maximum atomic E-state index is 6.73. The molecule has 1 aliphatic rings. The monoisotopic (exact) mass is 266 g/mol. The lowest BCUT2D eigenvalue weighted by Crippen LogP contribution is -2.29. The van der Waals surface area contributed by atoms with E-state index in [9.17, 15) is 0 Å². The number of rotatable bonds is 5. The maximum Gasteiger partial charge on any atom is 0.119 e. The molecule has 1 aromatic carbocycles. The Kier molecular flexibility index (Phi) is 4.55. The lowest BCUT2D eigenvalue weighted by Gasteiger charge is -2.33. The van der Waals surface area contributed by atoms with Gasteiger partial charge in [-0.1, -0.05) is 31.9 Å². The Morgan fingerprint density at radius 2 is 2.06 bits per heavy atom. The van der Waals surface area contributed by atoms with Crippen LogP contribution in [-0.4, -0.2) is 12.5 Å². The second kappa shape index (κ2) is 5.97. The molecule has 0 N–H and O–H groups in total. The number of halogens is 1. The molecule has 1 nitrogen and oxygen atoms in total. The van der Waals surface area contributed by atoms with Gasteiger partial charge in [0.1, 0.15) is 5.75 Å². The van der Waals surface area contributed by atoms with Gasteiger partial charge in [0.15, 0.2) is 0 Å². The molecular formula is C16H23ClO. The van der Waals surface area contributed by atoms with E-state index in [0.29, 0.717) is 5.41 Å². The third kappa shape index (κ3) is 2.83. The predicted octanol–water partition coefficient (Wildman–Crippen LogP) is 4.82. The average Bonchev–Trinajstić information content (AvgIpc) is 2.89. The summed E-state index contributed by atoms with van der Waals surface area (Å²) in [5.74, 6) is 0.924. The molecule has 18 heavy (non-hydrogen) atoms. The molecule has 0 amide bonds. The molecule has 1 fully saturated rings. The van der Waals surface area contributed by atoms with Crippen molar-refractivity contribution in [1.29, 1.82) is 0 Å². The van der Waals surface area contributed by atoms with Crippen LogP contribution in [-0.2, 0) is 6.42 Å². The smallest absolute Gasteiger partial charge is 0.119 e. The SMILES string of the molecule is CCC1(C(Cl)Cc2cccc(OC)c2)CCCC1. The Morgan fingerprint density at radius 1 is 1.33 bits per heavy atom. The van der Waals surface area contributed by atoms with Crippen molar-refractivity contribution in [3.63, 3.8) is 0 Å². The highest BCUT2D eigenvalue weighted by molar-refractivity contribution is 6.21. The summed E-state index contributed by atoms with van der Waals surface area (Å²) in [6.07, 6.45) is 7.42. The summed E-state index contributed by atoms with van der Waals surface area (Å²) in [4.78, 5) is 0. The Bertz CT molecular complexity index is 382. The third-order valence-electron chi connectivity index (χ3n) is 4.52. The molecule has 2 heteroatoms. The number of benzene rings is 1. The average molecular weight is 267 g/mol. The van der Waals surface area contributed by atoms with Gasteiger partial charge in [-0.3, -0.25) is 0 Å². The van der Waals surface area contributed by atoms with Crippen molar-refractivity contribution >= 4 is 11.6 Å². The van der Waals surface area contributed by atoms with Crippen LogP contribution >= 0.6 is 11.6 Å². The van der Waals surface area contributed by atoms with E-state index in [4.69, 9.17) is 16.3 Å². The summed E-state index contributed by atoms with van der Waals surface area (Å²) in [5.41, 5.74) is 1.65. The van der Waals surface area contributed by atoms with Crippen LogP contribution < -0.4 is 4.74 Å². The van der Waals surface area contributed by atoms with Gasteiger partial charge in [0.2, 0.25) is 0 Å². The van der Waals surface area contributed by atoms with Crippen LogP contribution in [0.1, 0.15) is 44.6 Å². The van der Waals surface area contributed by atoms with Gasteiger partial charge in [-0.25, -0.2) is 0 Å². The quantitative estimate of drug-likeness (QED) is 0.695. The fraction of sp³-hybridized carbons (Fsp3) is 0.625.